The highest BCUT2D eigenvalue weighted by molar-refractivity contribution is 5.83. The normalized spacial score (nSPS) is 15.8. The van der Waals surface area contributed by atoms with Crippen LogP contribution in [0.3, 0.4) is 0 Å². The number of methoxy groups -OCH3 is 1. The molecule has 1 fully saturated rings. The quantitative estimate of drug-likeness (QED) is 0.732. The van der Waals surface area contributed by atoms with Gasteiger partial charge in [-0.3, -0.25) is 4.79 Å². The summed E-state index contributed by atoms with van der Waals surface area (Å²) in [5.74, 6) is 0.475. The van der Waals surface area contributed by atoms with E-state index in [2.05, 4.69) is 10.6 Å². The maximum absolute atomic E-state index is 13.2. The van der Waals surface area contributed by atoms with Crippen LogP contribution in [0.25, 0.3) is 0 Å². The fourth-order valence-electron chi connectivity index (χ4n) is 3.49. The van der Waals surface area contributed by atoms with Crippen LogP contribution in [0.1, 0.15) is 24.0 Å². The van der Waals surface area contributed by atoms with Crippen molar-refractivity contribution in [3.8, 4) is 5.75 Å². The van der Waals surface area contributed by atoms with Crippen LogP contribution in [0.2, 0.25) is 0 Å². The van der Waals surface area contributed by atoms with Gasteiger partial charge in [0.05, 0.1) is 12.0 Å². The minimum absolute atomic E-state index is 0.0438. The van der Waals surface area contributed by atoms with Gasteiger partial charge in [0.25, 0.3) is 0 Å². The molecule has 0 saturated carbocycles. The van der Waals surface area contributed by atoms with Gasteiger partial charge in [0.1, 0.15) is 18.2 Å². The van der Waals surface area contributed by atoms with Crippen LogP contribution in [0.15, 0.2) is 48.5 Å². The average molecular weight is 386 g/mol. The van der Waals surface area contributed by atoms with Crippen molar-refractivity contribution in [1.29, 1.82) is 0 Å². The van der Waals surface area contributed by atoms with E-state index in [0.717, 1.165) is 37.1 Å². The molecule has 1 heterocycles. The van der Waals surface area contributed by atoms with E-state index in [-0.39, 0.29) is 11.7 Å². The molecule has 1 aliphatic heterocycles. The number of piperidine rings is 1. The number of hydrogen-bond donors (Lipinski definition) is 2. The third kappa shape index (κ3) is 5.30. The highest BCUT2D eigenvalue weighted by atomic mass is 19.1. The minimum Gasteiger partial charge on any atom is -0.489 e. The molecule has 5 nitrogen and oxygen atoms in total. The highest BCUT2D eigenvalue weighted by Crippen LogP contribution is 2.29. The molecule has 0 radical (unpaired) electrons. The molecule has 0 unspecified atom stereocenters. The zero-order chi connectivity index (χ0) is 19.8. The molecule has 28 heavy (non-hydrogen) atoms. The molecular formula is C22H27FN2O3. The van der Waals surface area contributed by atoms with Crippen LogP contribution in [-0.4, -0.2) is 32.7 Å². The fourth-order valence-corrected chi connectivity index (χ4v) is 3.49. The zero-order valence-electron chi connectivity index (χ0n) is 16.2. The number of benzene rings is 2. The van der Waals surface area contributed by atoms with Crippen molar-refractivity contribution in [2.75, 3.05) is 26.8 Å². The van der Waals surface area contributed by atoms with Crippen LogP contribution in [0.4, 0.5) is 4.39 Å². The number of nitrogens with one attached hydrogen (secondary N) is 2. The molecule has 6 heteroatoms. The summed E-state index contributed by atoms with van der Waals surface area (Å²) in [7, 11) is 1.64. The van der Waals surface area contributed by atoms with Crippen molar-refractivity contribution in [3.63, 3.8) is 0 Å². The minimum atomic E-state index is -0.450. The molecule has 1 saturated heterocycles. The van der Waals surface area contributed by atoms with Gasteiger partial charge >= 0.3 is 0 Å². The maximum Gasteiger partial charge on any atom is 0.228 e. The largest absolute Gasteiger partial charge is 0.489 e. The average Bonchev–Trinajstić information content (AvgIpc) is 2.72. The predicted molar refractivity (Wildman–Crippen MR) is 105 cm³/mol. The molecule has 1 amide bonds. The smallest absolute Gasteiger partial charge is 0.228 e. The van der Waals surface area contributed by atoms with Gasteiger partial charge in [-0.05, 0) is 61.3 Å². The van der Waals surface area contributed by atoms with Crippen molar-refractivity contribution in [2.24, 2.45) is 5.41 Å². The zero-order valence-corrected chi connectivity index (χ0v) is 16.2. The summed E-state index contributed by atoms with van der Waals surface area (Å²) >= 11 is 0. The van der Waals surface area contributed by atoms with Crippen LogP contribution < -0.4 is 15.4 Å². The lowest BCUT2D eigenvalue weighted by atomic mass is 9.78. The Labute approximate surface area is 165 Å². The van der Waals surface area contributed by atoms with E-state index in [9.17, 15) is 9.18 Å². The first-order valence-corrected chi connectivity index (χ1v) is 9.55. The summed E-state index contributed by atoms with van der Waals surface area (Å²) in [5.41, 5.74) is 1.32. The van der Waals surface area contributed by atoms with Crippen molar-refractivity contribution in [3.05, 3.63) is 65.5 Å². The Balaban J connectivity index is 1.51. The molecular weight excluding hydrogens is 359 g/mol. The molecule has 2 N–H and O–H groups in total. The molecule has 0 atom stereocenters. The summed E-state index contributed by atoms with van der Waals surface area (Å²) in [6.07, 6.45) is 1.55. The van der Waals surface area contributed by atoms with E-state index < -0.39 is 5.41 Å². The highest BCUT2D eigenvalue weighted by Gasteiger charge is 2.39. The monoisotopic (exact) mass is 386 g/mol. The standard InChI is InChI=1S/C22H27FN2O3/c1-27-16-22(9-11-24-12-10-22)21(26)25-14-17-5-7-20(8-6-17)28-15-18-3-2-4-19(23)13-18/h2-8,13,24H,9-12,14-16H2,1H3,(H,25,26). The Morgan fingerprint density at radius 2 is 1.89 bits per heavy atom. The second-order valence-corrected chi connectivity index (χ2v) is 7.21. The summed E-state index contributed by atoms with van der Waals surface area (Å²) in [5, 5.41) is 6.34. The van der Waals surface area contributed by atoms with Gasteiger partial charge in [-0.25, -0.2) is 4.39 Å². The van der Waals surface area contributed by atoms with Gasteiger partial charge in [-0.15, -0.1) is 0 Å². The number of carbonyl (C=O) groups excluding carboxylic acids is 1. The second kappa shape index (κ2) is 9.66. The lowest BCUT2D eigenvalue weighted by molar-refractivity contribution is -0.136. The van der Waals surface area contributed by atoms with Crippen molar-refractivity contribution < 1.29 is 18.7 Å². The Hall–Kier alpha value is -2.44. The number of hydrogen-bond acceptors (Lipinski definition) is 4. The lowest BCUT2D eigenvalue weighted by Crippen LogP contribution is -2.49. The van der Waals surface area contributed by atoms with Crippen LogP contribution in [-0.2, 0) is 22.7 Å². The Morgan fingerprint density at radius 1 is 1.14 bits per heavy atom. The third-order valence-corrected chi connectivity index (χ3v) is 5.13. The van der Waals surface area contributed by atoms with Crippen LogP contribution in [0, 0.1) is 11.2 Å². The number of halogens is 1. The third-order valence-electron chi connectivity index (χ3n) is 5.13. The first kappa shape index (κ1) is 20.3. The molecule has 150 valence electrons. The SMILES string of the molecule is COCC1(C(=O)NCc2ccc(OCc3cccc(F)c3)cc2)CCNCC1. The summed E-state index contributed by atoms with van der Waals surface area (Å²) in [6.45, 7) is 2.86. The molecule has 1 aliphatic rings. The molecule has 0 aromatic heterocycles. The first-order chi connectivity index (χ1) is 13.6. The molecule has 2 aromatic carbocycles. The van der Waals surface area contributed by atoms with E-state index in [0.29, 0.717) is 25.5 Å². The molecule has 0 bridgehead atoms. The van der Waals surface area contributed by atoms with Crippen molar-refractivity contribution in [1.82, 2.24) is 10.6 Å². The van der Waals surface area contributed by atoms with Gasteiger partial charge in [-0.2, -0.15) is 0 Å². The van der Waals surface area contributed by atoms with E-state index in [1.54, 1.807) is 13.2 Å². The van der Waals surface area contributed by atoms with Crippen molar-refractivity contribution in [2.45, 2.75) is 26.0 Å². The van der Waals surface area contributed by atoms with E-state index in [1.807, 2.05) is 30.3 Å². The van der Waals surface area contributed by atoms with Gasteiger partial charge in [-0.1, -0.05) is 24.3 Å². The van der Waals surface area contributed by atoms with Gasteiger partial charge in [0.15, 0.2) is 0 Å². The van der Waals surface area contributed by atoms with Crippen LogP contribution in [0.5, 0.6) is 5.75 Å². The van der Waals surface area contributed by atoms with Crippen molar-refractivity contribution >= 4 is 5.91 Å². The first-order valence-electron chi connectivity index (χ1n) is 9.55. The molecule has 2 aromatic rings. The molecule has 0 aliphatic carbocycles. The fraction of sp³-hybridized carbons (Fsp3) is 0.409. The van der Waals surface area contributed by atoms with E-state index in [4.69, 9.17) is 9.47 Å². The van der Waals surface area contributed by atoms with Crippen LogP contribution >= 0.6 is 0 Å². The van der Waals surface area contributed by atoms with Gasteiger partial charge in [0, 0.05) is 13.7 Å². The number of rotatable bonds is 8. The topological polar surface area (TPSA) is 59.6 Å². The number of ether oxygens (including phenoxy) is 2. The summed E-state index contributed by atoms with van der Waals surface area (Å²) < 4.78 is 24.2. The predicted octanol–water partition coefficient (Wildman–Crippen LogP) is 3.04. The van der Waals surface area contributed by atoms with Gasteiger partial charge < -0.3 is 20.1 Å². The summed E-state index contributed by atoms with van der Waals surface area (Å²) in [4.78, 5) is 12.8. The number of amides is 1. The van der Waals surface area contributed by atoms with E-state index >= 15 is 0 Å². The Morgan fingerprint density at radius 3 is 2.57 bits per heavy atom. The second-order valence-electron chi connectivity index (χ2n) is 7.21. The van der Waals surface area contributed by atoms with Gasteiger partial charge in [0.2, 0.25) is 5.91 Å². The maximum atomic E-state index is 13.2. The summed E-state index contributed by atoms with van der Waals surface area (Å²) in [6, 6.07) is 13.9. The Bertz CT molecular complexity index is 768. The number of carbonyl (C=O) groups is 1. The Kier molecular flexibility index (Phi) is 7.01. The van der Waals surface area contributed by atoms with E-state index in [1.165, 1.54) is 12.1 Å². The molecule has 3 rings (SSSR count). The lowest BCUT2D eigenvalue weighted by Gasteiger charge is -2.35. The molecule has 0 spiro atoms.